The molecule has 6 heteroatoms. The van der Waals surface area contributed by atoms with Crippen molar-refractivity contribution in [3.05, 3.63) is 51.7 Å². The highest BCUT2D eigenvalue weighted by Gasteiger charge is 2.20. The molecule has 0 saturated carbocycles. The average Bonchev–Trinajstić information content (AvgIpc) is 2.91. The molecule has 2 rings (SSSR count). The van der Waals surface area contributed by atoms with E-state index in [1.165, 1.54) is 6.07 Å². The summed E-state index contributed by atoms with van der Waals surface area (Å²) in [6.45, 7) is 3.42. The third kappa shape index (κ3) is 4.14. The topological polar surface area (TPSA) is 66.4 Å². The van der Waals surface area contributed by atoms with Crippen LogP contribution in [0, 0.1) is 6.92 Å². The Bertz CT molecular complexity index is 694. The molecule has 0 bridgehead atoms. The molecule has 1 aromatic heterocycles. The highest BCUT2D eigenvalue weighted by molar-refractivity contribution is 7.89. The van der Waals surface area contributed by atoms with Crippen LogP contribution < -0.4 is 4.72 Å². The predicted molar refractivity (Wildman–Crippen MR) is 84.9 cm³/mol. The van der Waals surface area contributed by atoms with Gasteiger partial charge >= 0.3 is 0 Å². The first-order chi connectivity index (χ1) is 9.92. The number of aryl methyl sites for hydroxylation is 1. The number of benzene rings is 1. The van der Waals surface area contributed by atoms with Gasteiger partial charge in [-0.05, 0) is 59.9 Å². The zero-order valence-electron chi connectivity index (χ0n) is 12.0. The molecule has 4 nitrogen and oxygen atoms in total. The van der Waals surface area contributed by atoms with Crippen LogP contribution in [-0.4, -0.2) is 19.6 Å². The summed E-state index contributed by atoms with van der Waals surface area (Å²) in [6.07, 6.45) is 0.654. The van der Waals surface area contributed by atoms with E-state index < -0.39 is 10.0 Å². The Labute approximate surface area is 129 Å². The van der Waals surface area contributed by atoms with Crippen LogP contribution in [0.4, 0.5) is 0 Å². The van der Waals surface area contributed by atoms with Gasteiger partial charge in [0, 0.05) is 6.04 Å². The molecule has 2 N–H and O–H groups in total. The zero-order valence-corrected chi connectivity index (χ0v) is 13.7. The standard InChI is InChI=1S/C15H19NO3S2/c1-11-3-4-13(9-17)8-15(11)21(18,19)16-12(2)7-14-5-6-20-10-14/h3-6,8,10,12,16-17H,7,9H2,1-2H3. The van der Waals surface area contributed by atoms with E-state index >= 15 is 0 Å². The second-order valence-corrected chi connectivity index (χ2v) is 7.58. The number of hydrogen-bond acceptors (Lipinski definition) is 4. The summed E-state index contributed by atoms with van der Waals surface area (Å²) in [7, 11) is -3.58. The molecule has 1 aromatic carbocycles. The van der Waals surface area contributed by atoms with E-state index in [1.54, 1.807) is 30.4 Å². The van der Waals surface area contributed by atoms with E-state index in [1.807, 2.05) is 23.8 Å². The van der Waals surface area contributed by atoms with E-state index in [0.717, 1.165) is 5.56 Å². The molecule has 0 spiro atoms. The average molecular weight is 325 g/mol. The van der Waals surface area contributed by atoms with Crippen LogP contribution in [0.1, 0.15) is 23.6 Å². The highest BCUT2D eigenvalue weighted by Crippen LogP contribution is 2.18. The number of thiophene rings is 1. The van der Waals surface area contributed by atoms with Crippen molar-refractivity contribution in [1.82, 2.24) is 4.72 Å². The van der Waals surface area contributed by atoms with E-state index in [4.69, 9.17) is 5.11 Å². The molecule has 0 amide bonds. The zero-order chi connectivity index (χ0) is 15.5. The highest BCUT2D eigenvalue weighted by atomic mass is 32.2. The van der Waals surface area contributed by atoms with Crippen molar-refractivity contribution in [2.75, 3.05) is 0 Å². The maximum atomic E-state index is 12.5. The van der Waals surface area contributed by atoms with Crippen molar-refractivity contribution in [1.29, 1.82) is 0 Å². The molecule has 0 fully saturated rings. The molecule has 114 valence electrons. The maximum Gasteiger partial charge on any atom is 0.241 e. The van der Waals surface area contributed by atoms with E-state index in [9.17, 15) is 8.42 Å². The summed E-state index contributed by atoms with van der Waals surface area (Å²) in [4.78, 5) is 0.228. The van der Waals surface area contributed by atoms with Crippen molar-refractivity contribution >= 4 is 21.4 Å². The smallest absolute Gasteiger partial charge is 0.241 e. The van der Waals surface area contributed by atoms with E-state index in [2.05, 4.69) is 4.72 Å². The number of aliphatic hydroxyl groups is 1. The Morgan fingerprint density at radius 2 is 2.05 bits per heavy atom. The molecule has 1 atom stereocenters. The minimum atomic E-state index is -3.58. The van der Waals surface area contributed by atoms with Gasteiger partial charge in [-0.25, -0.2) is 13.1 Å². The van der Waals surface area contributed by atoms with Crippen molar-refractivity contribution in [2.24, 2.45) is 0 Å². The number of aliphatic hydroxyl groups excluding tert-OH is 1. The predicted octanol–water partition coefficient (Wildman–Crippen LogP) is 2.46. The first-order valence-corrected chi connectivity index (χ1v) is 9.09. The van der Waals surface area contributed by atoms with Crippen LogP contribution in [0.3, 0.4) is 0 Å². The first kappa shape index (κ1) is 16.2. The van der Waals surface area contributed by atoms with E-state index in [-0.39, 0.29) is 17.5 Å². The second-order valence-electron chi connectivity index (χ2n) is 5.12. The number of rotatable bonds is 6. The normalized spacial score (nSPS) is 13.3. The third-order valence-corrected chi connectivity index (χ3v) is 5.67. The lowest BCUT2D eigenvalue weighted by atomic mass is 10.1. The van der Waals surface area contributed by atoms with Crippen LogP contribution in [0.2, 0.25) is 0 Å². The maximum absolute atomic E-state index is 12.5. The largest absolute Gasteiger partial charge is 0.392 e. The summed E-state index contributed by atoms with van der Waals surface area (Å²) < 4.78 is 27.6. The van der Waals surface area contributed by atoms with Crippen LogP contribution >= 0.6 is 11.3 Å². The molecule has 21 heavy (non-hydrogen) atoms. The lowest BCUT2D eigenvalue weighted by Crippen LogP contribution is -2.34. The SMILES string of the molecule is Cc1ccc(CO)cc1S(=O)(=O)NC(C)Cc1ccsc1. The summed E-state index contributed by atoms with van der Waals surface area (Å²) in [5, 5.41) is 13.2. The summed E-state index contributed by atoms with van der Waals surface area (Å²) >= 11 is 1.60. The fourth-order valence-electron chi connectivity index (χ4n) is 2.16. The number of nitrogens with one attached hydrogen (secondary N) is 1. The van der Waals surface area contributed by atoms with Gasteiger partial charge in [0.05, 0.1) is 11.5 Å². The second kappa shape index (κ2) is 6.70. The molecule has 1 heterocycles. The van der Waals surface area contributed by atoms with Crippen molar-refractivity contribution < 1.29 is 13.5 Å². The molecule has 0 aliphatic heterocycles. The van der Waals surface area contributed by atoms with Gasteiger partial charge < -0.3 is 5.11 Å². The summed E-state index contributed by atoms with van der Waals surface area (Å²) in [6, 6.07) is 6.76. The Balaban J connectivity index is 2.18. The Hall–Kier alpha value is -1.21. The molecule has 0 saturated heterocycles. The van der Waals surface area contributed by atoms with Crippen molar-refractivity contribution in [3.63, 3.8) is 0 Å². The first-order valence-electron chi connectivity index (χ1n) is 6.66. The van der Waals surface area contributed by atoms with Gasteiger partial charge in [0.2, 0.25) is 10.0 Å². The van der Waals surface area contributed by atoms with Gasteiger partial charge in [-0.1, -0.05) is 12.1 Å². The summed E-state index contributed by atoms with van der Waals surface area (Å²) in [5.74, 6) is 0. The fraction of sp³-hybridized carbons (Fsp3) is 0.333. The quantitative estimate of drug-likeness (QED) is 0.857. The number of hydrogen-bond donors (Lipinski definition) is 2. The minimum absolute atomic E-state index is 0.173. The Kier molecular flexibility index (Phi) is 5.16. The van der Waals surface area contributed by atoms with Gasteiger partial charge in [0.25, 0.3) is 0 Å². The van der Waals surface area contributed by atoms with Crippen LogP contribution in [0.5, 0.6) is 0 Å². The van der Waals surface area contributed by atoms with Gasteiger partial charge in [0.15, 0.2) is 0 Å². The molecule has 0 aliphatic rings. The van der Waals surface area contributed by atoms with Gasteiger partial charge in [-0.2, -0.15) is 11.3 Å². The minimum Gasteiger partial charge on any atom is -0.392 e. The fourth-order valence-corrected chi connectivity index (χ4v) is 4.38. The molecule has 1 unspecified atom stereocenters. The van der Waals surface area contributed by atoms with Crippen molar-refractivity contribution in [2.45, 2.75) is 37.8 Å². The molecular weight excluding hydrogens is 306 g/mol. The lowest BCUT2D eigenvalue weighted by Gasteiger charge is -2.15. The molecule has 0 radical (unpaired) electrons. The van der Waals surface area contributed by atoms with Crippen LogP contribution in [0.15, 0.2) is 39.9 Å². The van der Waals surface area contributed by atoms with Crippen LogP contribution in [-0.2, 0) is 23.1 Å². The Morgan fingerprint density at radius 3 is 2.67 bits per heavy atom. The monoisotopic (exact) mass is 325 g/mol. The van der Waals surface area contributed by atoms with Crippen molar-refractivity contribution in [3.8, 4) is 0 Å². The van der Waals surface area contributed by atoms with E-state index in [0.29, 0.717) is 17.5 Å². The van der Waals surface area contributed by atoms with Gasteiger partial charge in [-0.15, -0.1) is 0 Å². The Morgan fingerprint density at radius 1 is 1.29 bits per heavy atom. The lowest BCUT2D eigenvalue weighted by molar-refractivity contribution is 0.281. The van der Waals surface area contributed by atoms with Crippen LogP contribution in [0.25, 0.3) is 0 Å². The molecule has 0 aliphatic carbocycles. The molecule has 2 aromatic rings. The summed E-state index contributed by atoms with van der Waals surface area (Å²) in [5.41, 5.74) is 2.38. The molecular formula is C15H19NO3S2. The third-order valence-electron chi connectivity index (χ3n) is 3.20. The van der Waals surface area contributed by atoms with Gasteiger partial charge in [0.1, 0.15) is 0 Å². The van der Waals surface area contributed by atoms with Gasteiger partial charge in [-0.3, -0.25) is 0 Å². The number of sulfonamides is 1.